The van der Waals surface area contributed by atoms with Crippen molar-refractivity contribution in [2.24, 2.45) is 11.8 Å². The van der Waals surface area contributed by atoms with E-state index in [4.69, 9.17) is 21.6 Å². The summed E-state index contributed by atoms with van der Waals surface area (Å²) in [6, 6.07) is 7.68. The molecule has 2 fully saturated rings. The number of carbonyl (C=O) groups excluding carboxylic acids is 1. The van der Waals surface area contributed by atoms with E-state index in [0.29, 0.717) is 16.8 Å². The Morgan fingerprint density at radius 3 is 2.71 bits per heavy atom. The van der Waals surface area contributed by atoms with E-state index < -0.39 is 0 Å². The Balaban J connectivity index is 1.48. The maximum Gasteiger partial charge on any atom is 0.225 e. The molecule has 1 amide bonds. The molecule has 1 aliphatic heterocycles. The van der Waals surface area contributed by atoms with Crippen LogP contribution in [0.5, 0.6) is 0 Å². The van der Waals surface area contributed by atoms with E-state index in [1.54, 1.807) is 0 Å². The smallest absolute Gasteiger partial charge is 0.225 e. The predicted octanol–water partition coefficient (Wildman–Crippen LogP) is 4.90. The Hall–Kier alpha value is -2.67. The molecule has 0 unspecified atom stereocenters. The van der Waals surface area contributed by atoms with Gasteiger partial charge in [-0.1, -0.05) is 37.9 Å². The molecule has 3 heterocycles. The van der Waals surface area contributed by atoms with Gasteiger partial charge in [0, 0.05) is 43.5 Å². The van der Waals surface area contributed by atoms with Crippen molar-refractivity contribution in [2.75, 3.05) is 31.1 Å². The van der Waals surface area contributed by atoms with Crippen molar-refractivity contribution < 1.29 is 4.79 Å². The van der Waals surface area contributed by atoms with Crippen LogP contribution >= 0.6 is 11.6 Å². The van der Waals surface area contributed by atoms with Crippen LogP contribution in [-0.2, 0) is 11.2 Å². The fourth-order valence-electron chi connectivity index (χ4n) is 4.77. The molecule has 0 bridgehead atoms. The fraction of sp³-hybridized carbons (Fsp3) is 0.538. The molecule has 1 saturated carbocycles. The minimum atomic E-state index is 0.246. The Morgan fingerprint density at radius 1 is 1.12 bits per heavy atom. The molecule has 0 N–H and O–H groups in total. The lowest BCUT2D eigenvalue weighted by Gasteiger charge is -2.31. The second-order valence-corrected chi connectivity index (χ2v) is 10.4. The van der Waals surface area contributed by atoms with Crippen molar-refractivity contribution in [2.45, 2.75) is 52.4 Å². The van der Waals surface area contributed by atoms with Gasteiger partial charge in [-0.2, -0.15) is 5.10 Å². The highest BCUT2D eigenvalue weighted by Crippen LogP contribution is 2.30. The normalized spacial score (nSPS) is 17.3. The number of anilines is 1. The van der Waals surface area contributed by atoms with E-state index in [9.17, 15) is 4.79 Å². The fourth-order valence-corrected chi connectivity index (χ4v) is 4.95. The van der Waals surface area contributed by atoms with Gasteiger partial charge < -0.3 is 9.80 Å². The monoisotopic (exact) mass is 480 g/mol. The average Bonchev–Trinajstić information content (AvgIpc) is 3.04. The summed E-state index contributed by atoms with van der Waals surface area (Å²) in [7, 11) is 0. The average molecular weight is 481 g/mol. The minimum absolute atomic E-state index is 0.246. The summed E-state index contributed by atoms with van der Waals surface area (Å²) in [6.45, 7) is 7.64. The second-order valence-electron chi connectivity index (χ2n) is 9.96. The molecule has 5 rings (SSSR count). The molecule has 2 aliphatic rings. The molecule has 180 valence electrons. The van der Waals surface area contributed by atoms with Gasteiger partial charge in [0.15, 0.2) is 5.65 Å². The predicted molar refractivity (Wildman–Crippen MR) is 136 cm³/mol. The van der Waals surface area contributed by atoms with Crippen LogP contribution in [-0.4, -0.2) is 56.7 Å². The number of aryl methyl sites for hydroxylation is 1. The molecule has 2 aromatic heterocycles. The van der Waals surface area contributed by atoms with E-state index >= 15 is 0 Å². The minimum Gasteiger partial charge on any atom is -0.354 e. The molecule has 0 spiro atoms. The van der Waals surface area contributed by atoms with E-state index in [-0.39, 0.29) is 5.92 Å². The van der Waals surface area contributed by atoms with Crippen molar-refractivity contribution in [3.05, 3.63) is 41.3 Å². The Kier molecular flexibility index (Phi) is 6.73. The van der Waals surface area contributed by atoms with E-state index in [2.05, 4.69) is 28.7 Å². The number of halogens is 1. The quantitative estimate of drug-likeness (QED) is 0.502. The summed E-state index contributed by atoms with van der Waals surface area (Å²) in [4.78, 5) is 27.2. The molecule has 34 heavy (non-hydrogen) atoms. The van der Waals surface area contributed by atoms with Crippen LogP contribution < -0.4 is 4.90 Å². The van der Waals surface area contributed by atoms with Crippen LogP contribution in [0.3, 0.4) is 0 Å². The number of fused-ring (bicyclic) bond motifs is 1. The Bertz CT molecular complexity index is 1170. The van der Waals surface area contributed by atoms with Crippen LogP contribution in [0.1, 0.15) is 51.8 Å². The Morgan fingerprint density at radius 2 is 1.97 bits per heavy atom. The van der Waals surface area contributed by atoms with Gasteiger partial charge in [0.1, 0.15) is 11.6 Å². The summed E-state index contributed by atoms with van der Waals surface area (Å²) in [5.41, 5.74) is 1.69. The van der Waals surface area contributed by atoms with E-state index in [1.165, 1.54) is 6.42 Å². The summed E-state index contributed by atoms with van der Waals surface area (Å²) in [5.74, 6) is 2.93. The maximum atomic E-state index is 12.8. The van der Waals surface area contributed by atoms with Crippen LogP contribution in [0.25, 0.3) is 16.7 Å². The third-order valence-corrected chi connectivity index (χ3v) is 7.25. The van der Waals surface area contributed by atoms with Gasteiger partial charge in [-0.05, 0) is 49.8 Å². The van der Waals surface area contributed by atoms with Gasteiger partial charge in [-0.25, -0.2) is 14.6 Å². The summed E-state index contributed by atoms with van der Waals surface area (Å²) >= 11 is 6.26. The van der Waals surface area contributed by atoms with Gasteiger partial charge in [0.25, 0.3) is 0 Å². The molecular formula is C26H33ClN6O. The second kappa shape index (κ2) is 9.90. The van der Waals surface area contributed by atoms with Crippen molar-refractivity contribution in [1.29, 1.82) is 0 Å². The van der Waals surface area contributed by atoms with Gasteiger partial charge in [-0.15, -0.1) is 0 Å². The zero-order valence-corrected chi connectivity index (χ0v) is 20.8. The number of amides is 1. The van der Waals surface area contributed by atoms with Crippen molar-refractivity contribution in [3.63, 3.8) is 0 Å². The lowest BCUT2D eigenvalue weighted by Crippen LogP contribution is -2.41. The first-order valence-corrected chi connectivity index (χ1v) is 12.9. The first kappa shape index (κ1) is 23.1. The molecule has 0 radical (unpaired) electrons. The molecule has 3 aromatic rings. The highest BCUT2D eigenvalue weighted by atomic mass is 35.5. The lowest BCUT2D eigenvalue weighted by atomic mass is 9.84. The summed E-state index contributed by atoms with van der Waals surface area (Å²) in [6.07, 6.45) is 7.93. The first-order valence-electron chi connectivity index (χ1n) is 12.5. The van der Waals surface area contributed by atoms with Crippen molar-refractivity contribution in [1.82, 2.24) is 24.6 Å². The highest BCUT2D eigenvalue weighted by molar-refractivity contribution is 6.30. The zero-order chi connectivity index (χ0) is 23.7. The van der Waals surface area contributed by atoms with Gasteiger partial charge in [-0.3, -0.25) is 4.79 Å². The Labute approximate surface area is 206 Å². The number of benzene rings is 1. The highest BCUT2D eigenvalue weighted by Gasteiger charge is 2.31. The topological polar surface area (TPSA) is 67.2 Å². The van der Waals surface area contributed by atoms with Gasteiger partial charge in [0.2, 0.25) is 5.91 Å². The summed E-state index contributed by atoms with van der Waals surface area (Å²) < 4.78 is 1.86. The lowest BCUT2D eigenvalue weighted by molar-refractivity contribution is -0.137. The standard InChI is InChI=1S/C26H33ClN6O/c1-18(2)10-11-23-29-24(31-12-5-13-32(15-14-31)26(34)19-6-3-7-19)22-17-28-33(25(22)30-23)21-9-4-8-20(27)16-21/h4,8-9,16-19H,3,5-7,10-15H2,1-2H3. The van der Waals surface area contributed by atoms with E-state index in [0.717, 1.165) is 86.6 Å². The largest absolute Gasteiger partial charge is 0.354 e. The number of hydrogen-bond acceptors (Lipinski definition) is 5. The van der Waals surface area contributed by atoms with E-state index in [1.807, 2.05) is 35.1 Å². The number of carbonyl (C=O) groups is 1. The molecule has 1 aromatic carbocycles. The van der Waals surface area contributed by atoms with Crippen LogP contribution in [0.2, 0.25) is 5.02 Å². The third kappa shape index (κ3) is 4.76. The molecular weight excluding hydrogens is 448 g/mol. The molecule has 1 aliphatic carbocycles. The number of nitrogens with zero attached hydrogens (tertiary/aromatic N) is 6. The molecule has 0 atom stereocenters. The van der Waals surface area contributed by atoms with Crippen LogP contribution in [0, 0.1) is 11.8 Å². The third-order valence-electron chi connectivity index (χ3n) is 7.01. The molecule has 8 heteroatoms. The number of aromatic nitrogens is 4. The molecule has 1 saturated heterocycles. The molecule has 7 nitrogen and oxygen atoms in total. The maximum absolute atomic E-state index is 12.8. The van der Waals surface area contributed by atoms with Crippen molar-refractivity contribution >= 4 is 34.4 Å². The van der Waals surface area contributed by atoms with Crippen LogP contribution in [0.4, 0.5) is 5.82 Å². The summed E-state index contributed by atoms with van der Waals surface area (Å²) in [5, 5.41) is 6.27. The first-order chi connectivity index (χ1) is 16.5. The van der Waals surface area contributed by atoms with Crippen molar-refractivity contribution in [3.8, 4) is 5.69 Å². The number of hydrogen-bond donors (Lipinski definition) is 0. The SMILES string of the molecule is CC(C)CCc1nc(N2CCCN(C(=O)C3CCC3)CC2)c2cnn(-c3cccc(Cl)c3)c2n1. The van der Waals surface area contributed by atoms with Gasteiger partial charge in [0.05, 0.1) is 17.3 Å². The number of rotatable bonds is 6. The van der Waals surface area contributed by atoms with Gasteiger partial charge >= 0.3 is 0 Å². The zero-order valence-electron chi connectivity index (χ0n) is 20.1. The van der Waals surface area contributed by atoms with Crippen LogP contribution in [0.15, 0.2) is 30.5 Å².